The summed E-state index contributed by atoms with van der Waals surface area (Å²) < 4.78 is 37.9. The number of hydrogen-bond acceptors (Lipinski definition) is 5. The first-order valence-electron chi connectivity index (χ1n) is 6.53. The summed E-state index contributed by atoms with van der Waals surface area (Å²) in [6.45, 7) is 1.37. The topological polar surface area (TPSA) is 90.7 Å². The van der Waals surface area contributed by atoms with Crippen LogP contribution >= 0.6 is 11.6 Å². The van der Waals surface area contributed by atoms with Crippen molar-refractivity contribution in [3.05, 3.63) is 28.8 Å². The highest BCUT2D eigenvalue weighted by Crippen LogP contribution is 2.25. The van der Waals surface area contributed by atoms with E-state index in [0.717, 1.165) is 5.56 Å². The van der Waals surface area contributed by atoms with Crippen LogP contribution in [0.3, 0.4) is 0 Å². The fraction of sp³-hybridized carbons (Fsp3) is 0.538. The fourth-order valence-corrected chi connectivity index (χ4v) is 3.83. The molecule has 1 unspecified atom stereocenters. The zero-order valence-corrected chi connectivity index (χ0v) is 13.3. The van der Waals surface area contributed by atoms with E-state index in [0.29, 0.717) is 26.2 Å². The largest absolute Gasteiger partial charge is 0.378 e. The van der Waals surface area contributed by atoms with E-state index in [1.54, 1.807) is 19.2 Å². The van der Waals surface area contributed by atoms with E-state index in [1.807, 2.05) is 0 Å². The van der Waals surface area contributed by atoms with Crippen LogP contribution in [0.25, 0.3) is 0 Å². The van der Waals surface area contributed by atoms with E-state index < -0.39 is 15.6 Å². The number of benzene rings is 1. The Labute approximate surface area is 129 Å². The molecule has 1 aromatic rings. The van der Waals surface area contributed by atoms with Crippen LogP contribution in [0.15, 0.2) is 23.1 Å². The smallest absolute Gasteiger partial charge is 0.242 e. The molecule has 2 rings (SSSR count). The molecule has 1 fully saturated rings. The number of sulfonamides is 1. The van der Waals surface area contributed by atoms with Crippen LogP contribution in [-0.4, -0.2) is 40.9 Å². The Kier molecular flexibility index (Phi) is 5.24. The normalized spacial score (nSPS) is 22.6. The first kappa shape index (κ1) is 16.7. The van der Waals surface area contributed by atoms with Gasteiger partial charge in [0.2, 0.25) is 10.0 Å². The molecule has 3 N–H and O–H groups in total. The minimum atomic E-state index is -3.71. The lowest BCUT2D eigenvalue weighted by Crippen LogP contribution is -2.44. The van der Waals surface area contributed by atoms with Gasteiger partial charge in [-0.05, 0) is 17.7 Å². The van der Waals surface area contributed by atoms with Gasteiger partial charge in [0.1, 0.15) is 10.5 Å². The van der Waals surface area contributed by atoms with E-state index in [2.05, 4.69) is 4.72 Å². The quantitative estimate of drug-likeness (QED) is 0.806. The van der Waals surface area contributed by atoms with Gasteiger partial charge in [-0.2, -0.15) is 0 Å². The highest BCUT2D eigenvalue weighted by atomic mass is 35.5. The summed E-state index contributed by atoms with van der Waals surface area (Å²) in [5, 5.41) is 0.152. The average Bonchev–Trinajstić information content (AvgIpc) is 2.94. The van der Waals surface area contributed by atoms with Gasteiger partial charge in [0.25, 0.3) is 0 Å². The Morgan fingerprint density at radius 1 is 1.52 bits per heavy atom. The summed E-state index contributed by atoms with van der Waals surface area (Å²) in [5.41, 5.74) is 5.66. The van der Waals surface area contributed by atoms with Crippen molar-refractivity contribution in [1.82, 2.24) is 4.72 Å². The van der Waals surface area contributed by atoms with E-state index in [1.165, 1.54) is 6.07 Å². The van der Waals surface area contributed by atoms with Crippen LogP contribution in [0.4, 0.5) is 0 Å². The van der Waals surface area contributed by atoms with Crippen LogP contribution in [0.1, 0.15) is 12.0 Å². The van der Waals surface area contributed by atoms with Crippen LogP contribution < -0.4 is 10.5 Å². The fourth-order valence-electron chi connectivity index (χ4n) is 2.15. The molecule has 1 aromatic carbocycles. The van der Waals surface area contributed by atoms with E-state index in [4.69, 9.17) is 26.8 Å². The second-order valence-electron chi connectivity index (χ2n) is 4.98. The summed E-state index contributed by atoms with van der Waals surface area (Å²) in [6.07, 6.45) is 0.645. The van der Waals surface area contributed by atoms with Gasteiger partial charge in [0.15, 0.2) is 0 Å². The van der Waals surface area contributed by atoms with E-state index in [9.17, 15) is 8.42 Å². The molecule has 0 amide bonds. The molecular formula is C13H19ClN2O4S. The Bertz CT molecular complexity index is 600. The Morgan fingerprint density at radius 3 is 2.81 bits per heavy atom. The van der Waals surface area contributed by atoms with Crippen LogP contribution in [0.2, 0.25) is 5.02 Å². The zero-order chi connectivity index (χ0) is 15.5. The molecule has 0 spiro atoms. The lowest BCUT2D eigenvalue weighted by molar-refractivity contribution is -0.0120. The number of hydrogen-bond donors (Lipinski definition) is 2. The molecule has 8 heteroatoms. The summed E-state index contributed by atoms with van der Waals surface area (Å²) in [6, 6.07) is 4.66. The van der Waals surface area contributed by atoms with Crippen LogP contribution in [-0.2, 0) is 26.0 Å². The number of methoxy groups -OCH3 is 1. The number of rotatable bonds is 6. The molecule has 1 aliphatic heterocycles. The Morgan fingerprint density at radius 2 is 2.29 bits per heavy atom. The number of halogens is 1. The van der Waals surface area contributed by atoms with Crippen molar-refractivity contribution in [3.63, 3.8) is 0 Å². The molecule has 1 heterocycles. The van der Waals surface area contributed by atoms with Crippen LogP contribution in [0.5, 0.6) is 0 Å². The molecule has 21 heavy (non-hydrogen) atoms. The van der Waals surface area contributed by atoms with Crippen molar-refractivity contribution in [2.75, 3.05) is 26.9 Å². The summed E-state index contributed by atoms with van der Waals surface area (Å²) in [4.78, 5) is 0.0338. The SMILES string of the molecule is COC1(CNS(=O)(=O)c2ccc(CN)cc2Cl)CCOC1. The second kappa shape index (κ2) is 6.60. The van der Waals surface area contributed by atoms with E-state index in [-0.39, 0.29) is 16.5 Å². The predicted molar refractivity (Wildman–Crippen MR) is 79.7 cm³/mol. The minimum absolute atomic E-state index is 0.0338. The number of nitrogens with two attached hydrogens (primary N) is 1. The molecule has 1 saturated heterocycles. The van der Waals surface area contributed by atoms with E-state index >= 15 is 0 Å². The molecular weight excluding hydrogens is 316 g/mol. The molecule has 0 radical (unpaired) electrons. The Hall–Kier alpha value is -0.700. The molecule has 6 nitrogen and oxygen atoms in total. The Balaban J connectivity index is 2.15. The van der Waals surface area contributed by atoms with Crippen molar-refractivity contribution >= 4 is 21.6 Å². The first-order valence-corrected chi connectivity index (χ1v) is 8.40. The lowest BCUT2D eigenvalue weighted by Gasteiger charge is -2.25. The third-order valence-electron chi connectivity index (χ3n) is 3.61. The maximum atomic E-state index is 12.3. The summed E-state index contributed by atoms with van der Waals surface area (Å²) >= 11 is 6.03. The zero-order valence-electron chi connectivity index (χ0n) is 11.8. The monoisotopic (exact) mass is 334 g/mol. The van der Waals surface area contributed by atoms with Crippen LogP contribution in [0, 0.1) is 0 Å². The highest BCUT2D eigenvalue weighted by molar-refractivity contribution is 7.89. The minimum Gasteiger partial charge on any atom is -0.378 e. The standard InChI is InChI=1S/C13H19ClN2O4S/c1-19-13(4-5-20-9-13)8-16-21(17,18)12-3-2-10(7-15)6-11(12)14/h2-3,6,16H,4-5,7-9,15H2,1H3. The van der Waals surface area contributed by atoms with Gasteiger partial charge in [0.05, 0.1) is 11.6 Å². The third-order valence-corrected chi connectivity index (χ3v) is 5.49. The van der Waals surface area contributed by atoms with Gasteiger partial charge in [0, 0.05) is 33.2 Å². The number of ether oxygens (including phenoxy) is 2. The first-order chi connectivity index (χ1) is 9.92. The van der Waals surface area contributed by atoms with Gasteiger partial charge in [-0.1, -0.05) is 17.7 Å². The van der Waals surface area contributed by atoms with Gasteiger partial charge >= 0.3 is 0 Å². The average molecular weight is 335 g/mol. The van der Waals surface area contributed by atoms with Gasteiger partial charge in [-0.3, -0.25) is 0 Å². The second-order valence-corrected chi connectivity index (χ2v) is 7.13. The van der Waals surface area contributed by atoms with Crippen molar-refractivity contribution in [1.29, 1.82) is 0 Å². The highest BCUT2D eigenvalue weighted by Gasteiger charge is 2.36. The summed E-state index contributed by atoms with van der Waals surface area (Å²) in [5.74, 6) is 0. The van der Waals surface area contributed by atoms with Gasteiger partial charge in [-0.15, -0.1) is 0 Å². The molecule has 0 aliphatic carbocycles. The maximum absolute atomic E-state index is 12.3. The van der Waals surface area contributed by atoms with Crippen molar-refractivity contribution in [2.24, 2.45) is 5.73 Å². The molecule has 1 atom stereocenters. The molecule has 0 bridgehead atoms. The molecule has 0 saturated carbocycles. The predicted octanol–water partition coefficient (Wildman–Crippen LogP) is 0.883. The number of nitrogens with one attached hydrogen (secondary N) is 1. The summed E-state index contributed by atoms with van der Waals surface area (Å²) in [7, 11) is -2.16. The third kappa shape index (κ3) is 3.74. The van der Waals surface area contributed by atoms with Gasteiger partial charge < -0.3 is 15.2 Å². The van der Waals surface area contributed by atoms with Crippen molar-refractivity contribution < 1.29 is 17.9 Å². The lowest BCUT2D eigenvalue weighted by atomic mass is 10.0. The van der Waals surface area contributed by atoms with Gasteiger partial charge in [-0.25, -0.2) is 13.1 Å². The molecule has 0 aromatic heterocycles. The molecule has 118 valence electrons. The molecule has 1 aliphatic rings. The van der Waals surface area contributed by atoms with Crippen molar-refractivity contribution in [2.45, 2.75) is 23.5 Å². The maximum Gasteiger partial charge on any atom is 0.242 e. The van der Waals surface area contributed by atoms with Crippen molar-refractivity contribution in [3.8, 4) is 0 Å².